The number of halogens is 1. The molecular formula is C12H12FN3OS. The summed E-state index contributed by atoms with van der Waals surface area (Å²) in [6.07, 6.45) is 0.756. The number of rotatable bonds is 3. The van der Waals surface area contributed by atoms with Crippen molar-refractivity contribution in [2.75, 3.05) is 5.32 Å². The molecule has 94 valence electrons. The molecule has 0 aliphatic heterocycles. The summed E-state index contributed by atoms with van der Waals surface area (Å²) in [6.45, 7) is 3.75. The van der Waals surface area contributed by atoms with Crippen LogP contribution in [-0.4, -0.2) is 16.1 Å². The molecule has 2 rings (SSSR count). The fourth-order valence-electron chi connectivity index (χ4n) is 1.42. The lowest BCUT2D eigenvalue weighted by molar-refractivity contribution is 0.102. The lowest BCUT2D eigenvalue weighted by Crippen LogP contribution is -2.13. The van der Waals surface area contributed by atoms with Gasteiger partial charge in [0.05, 0.1) is 5.56 Å². The average Bonchev–Trinajstić information content (AvgIpc) is 2.80. The summed E-state index contributed by atoms with van der Waals surface area (Å²) in [7, 11) is 0. The fourth-order valence-corrected chi connectivity index (χ4v) is 2.10. The summed E-state index contributed by atoms with van der Waals surface area (Å²) in [5, 5.41) is 11.5. The molecule has 1 amide bonds. The Bertz CT molecular complexity index is 582. The van der Waals surface area contributed by atoms with Gasteiger partial charge in [0.25, 0.3) is 5.91 Å². The minimum absolute atomic E-state index is 0.0169. The Kier molecular flexibility index (Phi) is 3.66. The number of anilines is 1. The van der Waals surface area contributed by atoms with Crippen molar-refractivity contribution < 1.29 is 9.18 Å². The summed E-state index contributed by atoms with van der Waals surface area (Å²) in [6, 6.07) is 4.40. The molecule has 1 aromatic heterocycles. The van der Waals surface area contributed by atoms with Crippen LogP contribution in [0, 0.1) is 12.7 Å². The molecule has 0 spiro atoms. The Balaban J connectivity index is 2.19. The zero-order valence-electron chi connectivity index (χ0n) is 10.0. The van der Waals surface area contributed by atoms with E-state index < -0.39 is 11.7 Å². The largest absolute Gasteiger partial charge is 0.296 e. The molecule has 1 N–H and O–H groups in total. The Morgan fingerprint density at radius 2 is 2.22 bits per heavy atom. The molecule has 2 aromatic rings. The van der Waals surface area contributed by atoms with Crippen molar-refractivity contribution >= 4 is 22.4 Å². The Morgan fingerprint density at radius 1 is 1.44 bits per heavy atom. The molecule has 0 bridgehead atoms. The SMILES string of the molecule is CCc1nnc(NC(=O)c2cc(C)ccc2F)s1. The summed E-state index contributed by atoms with van der Waals surface area (Å²) in [4.78, 5) is 11.9. The number of nitrogens with zero attached hydrogens (tertiary/aromatic N) is 2. The highest BCUT2D eigenvalue weighted by atomic mass is 32.1. The van der Waals surface area contributed by atoms with Gasteiger partial charge in [-0.15, -0.1) is 10.2 Å². The van der Waals surface area contributed by atoms with Crippen molar-refractivity contribution in [3.8, 4) is 0 Å². The minimum atomic E-state index is -0.543. The maximum absolute atomic E-state index is 13.5. The number of amides is 1. The maximum atomic E-state index is 13.5. The standard InChI is InChI=1S/C12H12FN3OS/c1-3-10-15-16-12(18-10)14-11(17)8-6-7(2)4-5-9(8)13/h4-6H,3H2,1-2H3,(H,14,16,17). The second-order valence-electron chi connectivity index (χ2n) is 3.79. The number of carbonyl (C=O) groups is 1. The average molecular weight is 265 g/mol. The lowest BCUT2D eigenvalue weighted by Gasteiger charge is -2.03. The van der Waals surface area contributed by atoms with Crippen LogP contribution in [0.2, 0.25) is 0 Å². The third-order valence-electron chi connectivity index (χ3n) is 2.36. The van der Waals surface area contributed by atoms with Crippen LogP contribution in [0.3, 0.4) is 0 Å². The number of aromatic nitrogens is 2. The summed E-state index contributed by atoms with van der Waals surface area (Å²) >= 11 is 1.29. The van der Waals surface area contributed by atoms with Crippen molar-refractivity contribution in [2.24, 2.45) is 0 Å². The van der Waals surface area contributed by atoms with Crippen molar-refractivity contribution in [3.05, 3.63) is 40.2 Å². The van der Waals surface area contributed by atoms with Gasteiger partial charge < -0.3 is 0 Å². The fraction of sp³-hybridized carbons (Fsp3) is 0.250. The van der Waals surface area contributed by atoms with E-state index in [1.807, 2.05) is 6.92 Å². The summed E-state index contributed by atoms with van der Waals surface area (Å²) in [5.74, 6) is -1.05. The zero-order chi connectivity index (χ0) is 13.1. The van der Waals surface area contributed by atoms with E-state index in [0.29, 0.717) is 5.13 Å². The molecule has 0 saturated carbocycles. The second kappa shape index (κ2) is 5.22. The number of aryl methyl sites for hydroxylation is 2. The highest BCUT2D eigenvalue weighted by molar-refractivity contribution is 7.15. The predicted octanol–water partition coefficient (Wildman–Crippen LogP) is 2.80. The van der Waals surface area contributed by atoms with E-state index in [2.05, 4.69) is 15.5 Å². The highest BCUT2D eigenvalue weighted by Gasteiger charge is 2.14. The van der Waals surface area contributed by atoms with Crippen molar-refractivity contribution in [3.63, 3.8) is 0 Å². The van der Waals surface area contributed by atoms with Gasteiger partial charge in [-0.05, 0) is 25.5 Å². The van der Waals surface area contributed by atoms with Gasteiger partial charge in [0.15, 0.2) is 0 Å². The van der Waals surface area contributed by atoms with Crippen LogP contribution < -0.4 is 5.32 Å². The molecule has 0 radical (unpaired) electrons. The van der Waals surface area contributed by atoms with Gasteiger partial charge >= 0.3 is 0 Å². The molecule has 1 heterocycles. The molecule has 0 unspecified atom stereocenters. The Labute approximate surface area is 108 Å². The number of hydrogen-bond donors (Lipinski definition) is 1. The molecule has 0 atom stereocenters. The van der Waals surface area contributed by atoms with E-state index in [9.17, 15) is 9.18 Å². The van der Waals surface area contributed by atoms with E-state index >= 15 is 0 Å². The van der Waals surface area contributed by atoms with Crippen LogP contribution in [-0.2, 0) is 6.42 Å². The topological polar surface area (TPSA) is 54.9 Å². The first-order valence-electron chi connectivity index (χ1n) is 5.50. The zero-order valence-corrected chi connectivity index (χ0v) is 10.8. The molecule has 6 heteroatoms. The van der Waals surface area contributed by atoms with E-state index in [0.717, 1.165) is 17.0 Å². The van der Waals surface area contributed by atoms with E-state index in [1.54, 1.807) is 13.0 Å². The lowest BCUT2D eigenvalue weighted by atomic mass is 10.1. The second-order valence-corrected chi connectivity index (χ2v) is 4.85. The minimum Gasteiger partial charge on any atom is -0.296 e. The van der Waals surface area contributed by atoms with Crippen molar-refractivity contribution in [1.82, 2.24) is 10.2 Å². The van der Waals surface area contributed by atoms with Gasteiger partial charge in [0.1, 0.15) is 10.8 Å². The number of hydrogen-bond acceptors (Lipinski definition) is 4. The normalized spacial score (nSPS) is 10.4. The van der Waals surface area contributed by atoms with Crippen LogP contribution >= 0.6 is 11.3 Å². The van der Waals surface area contributed by atoms with Crippen LogP contribution in [0.4, 0.5) is 9.52 Å². The third-order valence-corrected chi connectivity index (χ3v) is 3.34. The van der Waals surface area contributed by atoms with Gasteiger partial charge in [-0.3, -0.25) is 10.1 Å². The first kappa shape index (κ1) is 12.6. The quantitative estimate of drug-likeness (QED) is 0.928. The maximum Gasteiger partial charge on any atom is 0.260 e. The molecular weight excluding hydrogens is 253 g/mol. The summed E-state index contributed by atoms with van der Waals surface area (Å²) in [5.41, 5.74) is 0.844. The van der Waals surface area contributed by atoms with E-state index in [1.165, 1.54) is 23.5 Å². The van der Waals surface area contributed by atoms with Gasteiger partial charge in [-0.25, -0.2) is 4.39 Å². The van der Waals surface area contributed by atoms with Crippen molar-refractivity contribution in [1.29, 1.82) is 0 Å². The Morgan fingerprint density at radius 3 is 2.89 bits per heavy atom. The molecule has 4 nitrogen and oxygen atoms in total. The first-order valence-corrected chi connectivity index (χ1v) is 6.31. The summed E-state index contributed by atoms with van der Waals surface area (Å²) < 4.78 is 13.5. The highest BCUT2D eigenvalue weighted by Crippen LogP contribution is 2.17. The number of nitrogens with one attached hydrogen (secondary N) is 1. The van der Waals surface area contributed by atoms with Crippen LogP contribution in [0.1, 0.15) is 27.9 Å². The van der Waals surface area contributed by atoms with E-state index in [-0.39, 0.29) is 5.56 Å². The van der Waals surface area contributed by atoms with Gasteiger partial charge in [0.2, 0.25) is 5.13 Å². The Hall–Kier alpha value is -1.82. The van der Waals surface area contributed by atoms with Gasteiger partial charge in [0, 0.05) is 0 Å². The first-order chi connectivity index (χ1) is 8.60. The van der Waals surface area contributed by atoms with Gasteiger partial charge in [-0.1, -0.05) is 29.9 Å². The number of benzene rings is 1. The molecule has 0 saturated heterocycles. The van der Waals surface area contributed by atoms with Crippen LogP contribution in [0.25, 0.3) is 0 Å². The number of carbonyl (C=O) groups excluding carboxylic acids is 1. The van der Waals surface area contributed by atoms with Crippen LogP contribution in [0.5, 0.6) is 0 Å². The van der Waals surface area contributed by atoms with Crippen LogP contribution in [0.15, 0.2) is 18.2 Å². The van der Waals surface area contributed by atoms with Gasteiger partial charge in [-0.2, -0.15) is 0 Å². The molecule has 18 heavy (non-hydrogen) atoms. The third kappa shape index (κ3) is 2.70. The molecule has 0 aliphatic carbocycles. The monoisotopic (exact) mass is 265 g/mol. The van der Waals surface area contributed by atoms with E-state index in [4.69, 9.17) is 0 Å². The predicted molar refractivity (Wildman–Crippen MR) is 68.4 cm³/mol. The molecule has 0 fully saturated rings. The smallest absolute Gasteiger partial charge is 0.260 e. The molecule has 1 aromatic carbocycles. The molecule has 0 aliphatic rings. The van der Waals surface area contributed by atoms with Crippen molar-refractivity contribution in [2.45, 2.75) is 20.3 Å².